The lowest BCUT2D eigenvalue weighted by Gasteiger charge is -2.10. The number of sulfonamides is 1. The minimum absolute atomic E-state index is 0.176. The van der Waals surface area contributed by atoms with Crippen LogP contribution in [0.1, 0.15) is 0 Å². The van der Waals surface area contributed by atoms with Crippen molar-refractivity contribution in [3.05, 3.63) is 89.5 Å². The number of rotatable bonds is 5. The van der Waals surface area contributed by atoms with Gasteiger partial charge in [-0.3, -0.25) is 9.71 Å². The van der Waals surface area contributed by atoms with Gasteiger partial charge in [-0.2, -0.15) is 9.61 Å². The fraction of sp³-hybridized carbons (Fsp3) is 0. The average molecular weight is 507 g/mol. The van der Waals surface area contributed by atoms with Crippen LogP contribution in [-0.4, -0.2) is 33.2 Å². The SMILES string of the molecule is O=S(=O)(Nc1cccc(-c2ccc3nnc(-c4ccccn4)n3n2)c1)c1ccc(Br)cc1. The summed E-state index contributed by atoms with van der Waals surface area (Å²) in [5.41, 5.74) is 3.05. The Morgan fingerprint density at radius 3 is 2.47 bits per heavy atom. The van der Waals surface area contributed by atoms with E-state index in [2.05, 4.69) is 40.9 Å². The van der Waals surface area contributed by atoms with E-state index in [-0.39, 0.29) is 4.90 Å². The number of nitrogens with zero attached hydrogens (tertiary/aromatic N) is 5. The van der Waals surface area contributed by atoms with E-state index in [9.17, 15) is 8.42 Å². The smallest absolute Gasteiger partial charge is 0.261 e. The zero-order valence-electron chi connectivity index (χ0n) is 16.4. The van der Waals surface area contributed by atoms with Crippen LogP contribution in [0.2, 0.25) is 0 Å². The number of anilines is 1. The van der Waals surface area contributed by atoms with Crippen molar-refractivity contribution in [2.24, 2.45) is 0 Å². The Morgan fingerprint density at radius 1 is 0.844 bits per heavy atom. The van der Waals surface area contributed by atoms with Gasteiger partial charge in [-0.1, -0.05) is 34.1 Å². The summed E-state index contributed by atoms with van der Waals surface area (Å²) >= 11 is 3.31. The summed E-state index contributed by atoms with van der Waals surface area (Å²) in [6.07, 6.45) is 1.68. The lowest BCUT2D eigenvalue weighted by molar-refractivity contribution is 0.601. The van der Waals surface area contributed by atoms with E-state index >= 15 is 0 Å². The molecule has 5 rings (SSSR count). The van der Waals surface area contributed by atoms with Crippen molar-refractivity contribution >= 4 is 37.3 Å². The molecule has 0 amide bonds. The van der Waals surface area contributed by atoms with E-state index in [0.717, 1.165) is 10.0 Å². The van der Waals surface area contributed by atoms with Gasteiger partial charge in [0, 0.05) is 21.9 Å². The molecule has 10 heteroatoms. The minimum atomic E-state index is -3.72. The van der Waals surface area contributed by atoms with Crippen molar-refractivity contribution in [2.45, 2.75) is 4.90 Å². The molecule has 0 saturated carbocycles. The maximum atomic E-state index is 12.7. The number of hydrogen-bond acceptors (Lipinski definition) is 6. The molecule has 2 aromatic carbocycles. The number of nitrogens with one attached hydrogen (secondary N) is 1. The molecule has 5 aromatic rings. The van der Waals surface area contributed by atoms with Gasteiger partial charge in [-0.15, -0.1) is 10.2 Å². The van der Waals surface area contributed by atoms with E-state index in [0.29, 0.717) is 28.5 Å². The third-order valence-corrected chi connectivity index (χ3v) is 6.62. The van der Waals surface area contributed by atoms with Gasteiger partial charge in [0.25, 0.3) is 10.0 Å². The molecule has 0 spiro atoms. The van der Waals surface area contributed by atoms with E-state index in [1.165, 1.54) is 12.1 Å². The topological polar surface area (TPSA) is 102 Å². The summed E-state index contributed by atoms with van der Waals surface area (Å²) in [5, 5.41) is 13.0. The van der Waals surface area contributed by atoms with Gasteiger partial charge < -0.3 is 0 Å². The Hall–Kier alpha value is -3.63. The number of aromatic nitrogens is 5. The monoisotopic (exact) mass is 506 g/mol. The second-order valence-electron chi connectivity index (χ2n) is 6.87. The molecular weight excluding hydrogens is 492 g/mol. The van der Waals surface area contributed by atoms with Gasteiger partial charge in [0.1, 0.15) is 5.69 Å². The highest BCUT2D eigenvalue weighted by molar-refractivity contribution is 9.10. The molecule has 158 valence electrons. The molecule has 0 aliphatic rings. The van der Waals surface area contributed by atoms with Crippen molar-refractivity contribution in [3.63, 3.8) is 0 Å². The molecule has 0 atom stereocenters. The summed E-state index contributed by atoms with van der Waals surface area (Å²) < 4.78 is 30.5. The molecule has 1 N–H and O–H groups in total. The standard InChI is InChI=1S/C22H15BrN6O2S/c23-16-7-9-18(10-8-16)32(30,31)28-17-5-3-4-15(14-17)19-11-12-21-25-26-22(29(21)27-19)20-6-1-2-13-24-20/h1-14,28H. The zero-order valence-corrected chi connectivity index (χ0v) is 18.8. The Bertz CT molecular complexity index is 1520. The Morgan fingerprint density at radius 2 is 1.69 bits per heavy atom. The van der Waals surface area contributed by atoms with Crippen LogP contribution in [-0.2, 0) is 10.0 Å². The molecule has 0 unspecified atom stereocenters. The Kier molecular flexibility index (Phi) is 5.16. The first-order chi connectivity index (χ1) is 15.5. The van der Waals surface area contributed by atoms with Gasteiger partial charge in [-0.25, -0.2) is 8.42 Å². The van der Waals surface area contributed by atoms with E-state index in [4.69, 9.17) is 0 Å². The van der Waals surface area contributed by atoms with E-state index in [1.807, 2.05) is 30.3 Å². The average Bonchev–Trinajstić information content (AvgIpc) is 3.23. The zero-order chi connectivity index (χ0) is 22.1. The summed E-state index contributed by atoms with van der Waals surface area (Å²) in [6.45, 7) is 0. The molecule has 8 nitrogen and oxygen atoms in total. The largest absolute Gasteiger partial charge is 0.280 e. The van der Waals surface area contributed by atoms with Gasteiger partial charge in [0.2, 0.25) is 5.82 Å². The fourth-order valence-corrected chi connectivity index (χ4v) is 4.48. The van der Waals surface area contributed by atoms with Crippen molar-refractivity contribution in [1.29, 1.82) is 0 Å². The third-order valence-electron chi connectivity index (χ3n) is 4.69. The number of fused-ring (bicyclic) bond motifs is 1. The summed E-state index contributed by atoms with van der Waals surface area (Å²) in [4.78, 5) is 4.50. The first kappa shape index (κ1) is 20.3. The maximum absolute atomic E-state index is 12.7. The molecule has 0 radical (unpaired) electrons. The molecule has 0 saturated heterocycles. The van der Waals surface area contributed by atoms with E-state index < -0.39 is 10.0 Å². The van der Waals surface area contributed by atoms with E-state index in [1.54, 1.807) is 47.1 Å². The predicted molar refractivity (Wildman–Crippen MR) is 124 cm³/mol. The Labute approximate surface area is 192 Å². The van der Waals surface area contributed by atoms with Crippen molar-refractivity contribution in [3.8, 4) is 22.8 Å². The normalized spacial score (nSPS) is 11.5. The van der Waals surface area contributed by atoms with Gasteiger partial charge in [-0.05, 0) is 60.7 Å². The van der Waals surface area contributed by atoms with Crippen LogP contribution in [0.4, 0.5) is 5.69 Å². The van der Waals surface area contributed by atoms with Crippen molar-refractivity contribution in [1.82, 2.24) is 24.8 Å². The summed E-state index contributed by atoms with van der Waals surface area (Å²) in [6, 6.07) is 22.6. The van der Waals surface area contributed by atoms with Gasteiger partial charge >= 0.3 is 0 Å². The number of benzene rings is 2. The van der Waals surface area contributed by atoms with Crippen molar-refractivity contribution < 1.29 is 8.42 Å². The van der Waals surface area contributed by atoms with Crippen LogP contribution >= 0.6 is 15.9 Å². The van der Waals surface area contributed by atoms with Crippen molar-refractivity contribution in [2.75, 3.05) is 4.72 Å². The summed E-state index contributed by atoms with van der Waals surface area (Å²) in [7, 11) is -3.72. The molecule has 3 aromatic heterocycles. The first-order valence-corrected chi connectivity index (χ1v) is 11.8. The lowest BCUT2D eigenvalue weighted by Crippen LogP contribution is -2.12. The van der Waals surface area contributed by atoms with Gasteiger partial charge in [0.15, 0.2) is 5.65 Å². The van der Waals surface area contributed by atoms with Crippen LogP contribution in [0, 0.1) is 0 Å². The Balaban J connectivity index is 1.50. The number of pyridine rings is 1. The van der Waals surface area contributed by atoms with Crippen LogP contribution in [0.5, 0.6) is 0 Å². The third kappa shape index (κ3) is 3.97. The van der Waals surface area contributed by atoms with Crippen LogP contribution in [0.15, 0.2) is 94.4 Å². The van der Waals surface area contributed by atoms with Crippen LogP contribution < -0.4 is 4.72 Å². The summed E-state index contributed by atoms with van der Waals surface area (Å²) in [5.74, 6) is 0.523. The first-order valence-electron chi connectivity index (χ1n) is 9.52. The minimum Gasteiger partial charge on any atom is -0.280 e. The van der Waals surface area contributed by atoms with Crippen LogP contribution in [0.3, 0.4) is 0 Å². The molecule has 32 heavy (non-hydrogen) atoms. The highest BCUT2D eigenvalue weighted by Gasteiger charge is 2.15. The second-order valence-corrected chi connectivity index (χ2v) is 9.47. The lowest BCUT2D eigenvalue weighted by atomic mass is 10.1. The quantitative estimate of drug-likeness (QED) is 0.378. The van der Waals surface area contributed by atoms with Gasteiger partial charge in [0.05, 0.1) is 10.6 Å². The molecular formula is C22H15BrN6O2S. The highest BCUT2D eigenvalue weighted by Crippen LogP contribution is 2.25. The molecule has 0 aliphatic heterocycles. The predicted octanol–water partition coefficient (Wildman–Crippen LogP) is 4.42. The molecule has 3 heterocycles. The molecule has 0 fully saturated rings. The maximum Gasteiger partial charge on any atom is 0.261 e. The fourth-order valence-electron chi connectivity index (χ4n) is 3.17. The molecule has 0 aliphatic carbocycles. The highest BCUT2D eigenvalue weighted by atomic mass is 79.9. The number of hydrogen-bond donors (Lipinski definition) is 1. The number of halogens is 1. The second kappa shape index (κ2) is 8.13. The van der Waals surface area contributed by atoms with Crippen LogP contribution in [0.25, 0.3) is 28.4 Å². The molecule has 0 bridgehead atoms.